The van der Waals surface area contributed by atoms with Gasteiger partial charge in [-0.2, -0.15) is 4.31 Å². The second kappa shape index (κ2) is 6.73. The second-order valence-electron chi connectivity index (χ2n) is 5.31. The fraction of sp³-hybridized carbons (Fsp3) is 0.267. The standard InChI is InChI=1S/C15H13BrF2N2O3S/c16-10-1-2-15(19-8-10)23-13-3-4-20(9-13)24(21,22)14-6-11(17)5-12(18)7-14/h1-2,5-8,13H,3-4,9H2. The van der Waals surface area contributed by atoms with E-state index in [2.05, 4.69) is 20.9 Å². The van der Waals surface area contributed by atoms with Gasteiger partial charge in [-0.05, 0) is 40.5 Å². The molecular formula is C15H13BrF2N2O3S. The van der Waals surface area contributed by atoms with Crippen molar-refractivity contribution in [2.24, 2.45) is 0 Å². The highest BCUT2D eigenvalue weighted by molar-refractivity contribution is 9.10. The molecule has 1 aromatic heterocycles. The predicted octanol–water partition coefficient (Wildman–Crippen LogP) is 2.96. The van der Waals surface area contributed by atoms with Crippen LogP contribution in [0.2, 0.25) is 0 Å². The fourth-order valence-electron chi connectivity index (χ4n) is 2.44. The second-order valence-corrected chi connectivity index (χ2v) is 8.17. The molecule has 2 heterocycles. The molecule has 2 aromatic rings. The van der Waals surface area contributed by atoms with Crippen molar-refractivity contribution in [2.45, 2.75) is 17.4 Å². The van der Waals surface area contributed by atoms with E-state index >= 15 is 0 Å². The minimum absolute atomic E-state index is 0.0954. The number of hydrogen-bond acceptors (Lipinski definition) is 4. The van der Waals surface area contributed by atoms with Crippen LogP contribution in [0.1, 0.15) is 6.42 Å². The minimum Gasteiger partial charge on any atom is -0.473 e. The zero-order chi connectivity index (χ0) is 17.3. The van der Waals surface area contributed by atoms with Crippen LogP contribution >= 0.6 is 15.9 Å². The molecule has 0 N–H and O–H groups in total. The highest BCUT2D eigenvalue weighted by Gasteiger charge is 2.34. The Morgan fingerprint density at radius 3 is 2.54 bits per heavy atom. The zero-order valence-corrected chi connectivity index (χ0v) is 14.7. The molecule has 0 amide bonds. The van der Waals surface area contributed by atoms with Crippen LogP contribution in [0.15, 0.2) is 45.9 Å². The quantitative estimate of drug-likeness (QED) is 0.765. The Morgan fingerprint density at radius 1 is 1.21 bits per heavy atom. The topological polar surface area (TPSA) is 59.5 Å². The van der Waals surface area contributed by atoms with Crippen molar-refractivity contribution in [3.8, 4) is 5.88 Å². The van der Waals surface area contributed by atoms with E-state index in [1.165, 1.54) is 0 Å². The highest BCUT2D eigenvalue weighted by Crippen LogP contribution is 2.25. The average Bonchev–Trinajstić information content (AvgIpc) is 2.98. The molecule has 1 aromatic carbocycles. The number of sulfonamides is 1. The molecule has 24 heavy (non-hydrogen) atoms. The van der Waals surface area contributed by atoms with Crippen LogP contribution in [0, 0.1) is 11.6 Å². The molecular weight excluding hydrogens is 406 g/mol. The van der Waals surface area contributed by atoms with Crippen molar-refractivity contribution in [2.75, 3.05) is 13.1 Å². The molecule has 0 spiro atoms. The van der Waals surface area contributed by atoms with Gasteiger partial charge in [-0.25, -0.2) is 22.2 Å². The van der Waals surface area contributed by atoms with Gasteiger partial charge >= 0.3 is 0 Å². The van der Waals surface area contributed by atoms with Gasteiger partial charge in [0.1, 0.15) is 17.7 Å². The monoisotopic (exact) mass is 418 g/mol. The van der Waals surface area contributed by atoms with E-state index in [9.17, 15) is 17.2 Å². The van der Waals surface area contributed by atoms with E-state index in [0.29, 0.717) is 18.4 Å². The minimum atomic E-state index is -3.97. The molecule has 3 rings (SSSR count). The van der Waals surface area contributed by atoms with Gasteiger partial charge in [0.25, 0.3) is 0 Å². The Hall–Kier alpha value is -1.58. The Kier molecular flexibility index (Phi) is 4.84. The largest absolute Gasteiger partial charge is 0.473 e. The summed E-state index contributed by atoms with van der Waals surface area (Å²) in [5, 5.41) is 0. The number of nitrogens with zero attached hydrogens (tertiary/aromatic N) is 2. The van der Waals surface area contributed by atoms with Gasteiger partial charge in [0.2, 0.25) is 15.9 Å². The van der Waals surface area contributed by atoms with Crippen molar-refractivity contribution in [3.63, 3.8) is 0 Å². The first kappa shape index (κ1) is 17.2. The van der Waals surface area contributed by atoms with E-state index in [-0.39, 0.29) is 19.2 Å². The van der Waals surface area contributed by atoms with Gasteiger partial charge in [0.15, 0.2) is 0 Å². The maximum Gasteiger partial charge on any atom is 0.243 e. The van der Waals surface area contributed by atoms with Crippen LogP contribution in [0.5, 0.6) is 5.88 Å². The fourth-order valence-corrected chi connectivity index (χ4v) is 4.21. The Morgan fingerprint density at radius 2 is 1.92 bits per heavy atom. The third-order valence-corrected chi connectivity index (χ3v) is 5.88. The van der Waals surface area contributed by atoms with Gasteiger partial charge in [0, 0.05) is 29.3 Å². The molecule has 0 radical (unpaired) electrons. The molecule has 1 saturated heterocycles. The van der Waals surface area contributed by atoms with Crippen molar-refractivity contribution in [1.29, 1.82) is 0 Å². The summed E-state index contributed by atoms with van der Waals surface area (Å²) in [6.45, 7) is 0.305. The Balaban J connectivity index is 1.73. The molecule has 9 heteroatoms. The highest BCUT2D eigenvalue weighted by atomic mass is 79.9. The lowest BCUT2D eigenvalue weighted by molar-refractivity contribution is 0.207. The summed E-state index contributed by atoms with van der Waals surface area (Å²) in [5.74, 6) is -1.47. The molecule has 1 aliphatic rings. The van der Waals surface area contributed by atoms with Gasteiger partial charge < -0.3 is 4.74 Å². The van der Waals surface area contributed by atoms with E-state index in [1.54, 1.807) is 18.3 Å². The van der Waals surface area contributed by atoms with Gasteiger partial charge in [-0.1, -0.05) is 0 Å². The number of rotatable bonds is 4. The van der Waals surface area contributed by atoms with E-state index in [0.717, 1.165) is 20.9 Å². The summed E-state index contributed by atoms with van der Waals surface area (Å²) in [5.41, 5.74) is 0. The van der Waals surface area contributed by atoms with E-state index in [4.69, 9.17) is 4.74 Å². The molecule has 128 valence electrons. The Bertz CT molecular complexity index is 826. The number of aromatic nitrogens is 1. The van der Waals surface area contributed by atoms with Crippen molar-refractivity contribution >= 4 is 26.0 Å². The lowest BCUT2D eigenvalue weighted by atomic mass is 10.3. The van der Waals surface area contributed by atoms with E-state index < -0.39 is 26.6 Å². The van der Waals surface area contributed by atoms with Crippen LogP contribution in [0.25, 0.3) is 0 Å². The number of pyridine rings is 1. The summed E-state index contributed by atoms with van der Waals surface area (Å²) >= 11 is 3.26. The third kappa shape index (κ3) is 3.73. The molecule has 1 fully saturated rings. The first-order valence-corrected chi connectivity index (χ1v) is 9.32. The lowest BCUT2D eigenvalue weighted by Gasteiger charge is -2.17. The van der Waals surface area contributed by atoms with Crippen LogP contribution in [0.3, 0.4) is 0 Å². The summed E-state index contributed by atoms with van der Waals surface area (Å²) in [6.07, 6.45) is 1.68. The molecule has 1 unspecified atom stereocenters. The molecule has 0 aliphatic carbocycles. The molecule has 1 atom stereocenters. The van der Waals surface area contributed by atoms with Gasteiger partial charge in [0.05, 0.1) is 11.4 Å². The first-order valence-electron chi connectivity index (χ1n) is 7.09. The number of halogens is 3. The van der Waals surface area contributed by atoms with Gasteiger partial charge in [-0.15, -0.1) is 0 Å². The summed E-state index contributed by atoms with van der Waals surface area (Å²) in [6, 6.07) is 5.68. The number of ether oxygens (including phenoxy) is 1. The zero-order valence-electron chi connectivity index (χ0n) is 12.3. The molecule has 5 nitrogen and oxygen atoms in total. The summed E-state index contributed by atoms with van der Waals surface area (Å²) in [4.78, 5) is 3.67. The van der Waals surface area contributed by atoms with Crippen LogP contribution in [0.4, 0.5) is 8.78 Å². The Labute approximate surface area is 146 Å². The average molecular weight is 419 g/mol. The first-order chi connectivity index (χ1) is 11.3. The lowest BCUT2D eigenvalue weighted by Crippen LogP contribution is -2.31. The number of benzene rings is 1. The summed E-state index contributed by atoms with van der Waals surface area (Å²) < 4.78 is 59.2. The third-order valence-electron chi connectivity index (χ3n) is 3.57. The van der Waals surface area contributed by atoms with Gasteiger partial charge in [-0.3, -0.25) is 0 Å². The smallest absolute Gasteiger partial charge is 0.243 e. The SMILES string of the molecule is O=S(=O)(c1cc(F)cc(F)c1)N1CCC(Oc2ccc(Br)cn2)C1. The van der Waals surface area contributed by atoms with Crippen molar-refractivity contribution < 1.29 is 21.9 Å². The maximum absolute atomic E-state index is 13.3. The van der Waals surface area contributed by atoms with E-state index in [1.807, 2.05) is 0 Å². The molecule has 0 bridgehead atoms. The molecule has 0 saturated carbocycles. The van der Waals surface area contributed by atoms with Crippen molar-refractivity contribution in [1.82, 2.24) is 9.29 Å². The van der Waals surface area contributed by atoms with Crippen LogP contribution in [-0.4, -0.2) is 36.9 Å². The van der Waals surface area contributed by atoms with Crippen LogP contribution in [-0.2, 0) is 10.0 Å². The maximum atomic E-state index is 13.3. The molecule has 1 aliphatic heterocycles. The normalized spacial score (nSPS) is 18.7. The summed E-state index contributed by atoms with van der Waals surface area (Å²) in [7, 11) is -3.97. The van der Waals surface area contributed by atoms with Crippen molar-refractivity contribution in [3.05, 3.63) is 52.6 Å². The predicted molar refractivity (Wildman–Crippen MR) is 86.1 cm³/mol. The van der Waals surface area contributed by atoms with Crippen LogP contribution < -0.4 is 4.74 Å². The number of hydrogen-bond donors (Lipinski definition) is 0.